The molecule has 0 bridgehead atoms. The molecule has 1 aromatic carbocycles. The normalized spacial score (nSPS) is 12.2. The number of phenolic OH excluding ortho intramolecular Hbond substituents is 1. The highest BCUT2D eigenvalue weighted by molar-refractivity contribution is 5.95. The number of amides is 1. The Morgan fingerprint density at radius 2 is 2.00 bits per heavy atom. The Hall–Kier alpha value is -2.11. The van der Waals surface area contributed by atoms with Crippen LogP contribution in [0, 0.1) is 16.0 Å². The average Bonchev–Trinajstić information content (AvgIpc) is 2.27. The topological polar surface area (TPSA) is 92.5 Å². The van der Waals surface area contributed by atoms with Gasteiger partial charge in [0.1, 0.15) is 0 Å². The smallest absolute Gasteiger partial charge is 0.310 e. The predicted octanol–water partition coefficient (Wildman–Crippen LogP) is 2.07. The minimum atomic E-state index is -0.701. The van der Waals surface area contributed by atoms with Crippen LogP contribution in [0.3, 0.4) is 0 Å². The fourth-order valence-electron chi connectivity index (χ4n) is 1.28. The predicted molar refractivity (Wildman–Crippen MR) is 66.5 cm³/mol. The molecule has 1 atom stereocenters. The Morgan fingerprint density at radius 1 is 1.39 bits per heavy atom. The Labute approximate surface area is 105 Å². The lowest BCUT2D eigenvalue weighted by Gasteiger charge is -2.17. The van der Waals surface area contributed by atoms with Crippen LogP contribution in [0.4, 0.5) is 5.69 Å². The number of nitro benzene ring substituents is 1. The van der Waals surface area contributed by atoms with Crippen LogP contribution in [0.1, 0.15) is 31.1 Å². The van der Waals surface area contributed by atoms with Gasteiger partial charge in [0.05, 0.1) is 4.92 Å². The van der Waals surface area contributed by atoms with Gasteiger partial charge in [-0.3, -0.25) is 14.9 Å². The van der Waals surface area contributed by atoms with Crippen LogP contribution >= 0.6 is 0 Å². The summed E-state index contributed by atoms with van der Waals surface area (Å²) in [6, 6.07) is 3.51. The highest BCUT2D eigenvalue weighted by Gasteiger charge is 2.17. The maximum atomic E-state index is 11.8. The quantitative estimate of drug-likeness (QED) is 0.633. The van der Waals surface area contributed by atoms with Crippen molar-refractivity contribution < 1.29 is 14.8 Å². The van der Waals surface area contributed by atoms with E-state index in [1.165, 1.54) is 6.07 Å². The summed E-state index contributed by atoms with van der Waals surface area (Å²) in [4.78, 5) is 21.6. The van der Waals surface area contributed by atoms with Gasteiger partial charge in [0, 0.05) is 17.7 Å². The van der Waals surface area contributed by atoms with Crippen LogP contribution in [0.5, 0.6) is 5.75 Å². The van der Waals surface area contributed by atoms with Crippen molar-refractivity contribution in [3.05, 3.63) is 33.9 Å². The minimum Gasteiger partial charge on any atom is -0.502 e. The highest BCUT2D eigenvalue weighted by atomic mass is 16.6. The first-order valence-electron chi connectivity index (χ1n) is 5.61. The van der Waals surface area contributed by atoms with Crippen LogP contribution in [-0.4, -0.2) is 22.0 Å². The van der Waals surface area contributed by atoms with Crippen molar-refractivity contribution in [1.29, 1.82) is 0 Å². The largest absolute Gasteiger partial charge is 0.502 e. The monoisotopic (exact) mass is 252 g/mol. The number of rotatable bonds is 4. The van der Waals surface area contributed by atoms with Crippen molar-refractivity contribution in [2.45, 2.75) is 26.8 Å². The molecule has 1 unspecified atom stereocenters. The molecule has 1 amide bonds. The molecule has 0 fully saturated rings. The second kappa shape index (κ2) is 5.48. The highest BCUT2D eigenvalue weighted by Crippen LogP contribution is 2.26. The van der Waals surface area contributed by atoms with Crippen molar-refractivity contribution in [3.8, 4) is 5.75 Å². The van der Waals surface area contributed by atoms with Crippen LogP contribution in [0.25, 0.3) is 0 Å². The lowest BCUT2D eigenvalue weighted by molar-refractivity contribution is -0.385. The number of carbonyl (C=O) groups excluding carboxylic acids is 1. The minimum absolute atomic E-state index is 0.0187. The molecule has 0 radical (unpaired) electrons. The maximum absolute atomic E-state index is 11.8. The first kappa shape index (κ1) is 14.0. The third kappa shape index (κ3) is 3.19. The fourth-order valence-corrected chi connectivity index (χ4v) is 1.28. The number of carbonyl (C=O) groups is 1. The first-order chi connectivity index (χ1) is 8.32. The van der Waals surface area contributed by atoms with Gasteiger partial charge >= 0.3 is 5.69 Å². The molecule has 6 heteroatoms. The summed E-state index contributed by atoms with van der Waals surface area (Å²) in [5, 5.41) is 22.7. The Balaban J connectivity index is 2.88. The van der Waals surface area contributed by atoms with E-state index in [2.05, 4.69) is 5.32 Å². The molecule has 18 heavy (non-hydrogen) atoms. The Bertz CT molecular complexity index is 471. The van der Waals surface area contributed by atoms with Crippen LogP contribution < -0.4 is 5.32 Å². The van der Waals surface area contributed by atoms with Gasteiger partial charge < -0.3 is 10.4 Å². The number of benzene rings is 1. The van der Waals surface area contributed by atoms with Crippen molar-refractivity contribution in [2.75, 3.05) is 0 Å². The van der Waals surface area contributed by atoms with Gasteiger partial charge in [0.2, 0.25) is 0 Å². The van der Waals surface area contributed by atoms with E-state index in [4.69, 9.17) is 0 Å². The number of phenols is 1. The third-order valence-electron chi connectivity index (χ3n) is 2.79. The molecule has 0 spiro atoms. The zero-order valence-corrected chi connectivity index (χ0v) is 10.5. The molecule has 0 saturated carbocycles. The van der Waals surface area contributed by atoms with E-state index >= 15 is 0 Å². The van der Waals surface area contributed by atoms with Gasteiger partial charge in [-0.25, -0.2) is 0 Å². The van der Waals surface area contributed by atoms with Gasteiger partial charge in [-0.15, -0.1) is 0 Å². The van der Waals surface area contributed by atoms with Crippen LogP contribution in [0.15, 0.2) is 18.2 Å². The molecule has 1 aromatic rings. The van der Waals surface area contributed by atoms with Gasteiger partial charge in [-0.1, -0.05) is 13.8 Å². The van der Waals surface area contributed by atoms with Crippen LogP contribution in [0.2, 0.25) is 0 Å². The number of hydrogen-bond acceptors (Lipinski definition) is 4. The fraction of sp³-hybridized carbons (Fsp3) is 0.417. The summed E-state index contributed by atoms with van der Waals surface area (Å²) in [6.45, 7) is 5.81. The summed E-state index contributed by atoms with van der Waals surface area (Å²) in [6.07, 6.45) is 0. The second-order valence-corrected chi connectivity index (χ2v) is 4.47. The lowest BCUT2D eigenvalue weighted by atomic mass is 10.1. The van der Waals surface area contributed by atoms with Gasteiger partial charge in [-0.2, -0.15) is 0 Å². The second-order valence-electron chi connectivity index (χ2n) is 4.47. The number of nitrogens with zero attached hydrogens (tertiary/aromatic N) is 1. The summed E-state index contributed by atoms with van der Waals surface area (Å²) in [5.41, 5.74) is -0.214. The SMILES string of the molecule is CC(C)C(C)NC(=O)c1ccc([N+](=O)[O-])c(O)c1. The zero-order chi connectivity index (χ0) is 13.9. The summed E-state index contributed by atoms with van der Waals surface area (Å²) in [7, 11) is 0. The Morgan fingerprint density at radius 3 is 2.44 bits per heavy atom. The van der Waals surface area contributed by atoms with Gasteiger partial charge in [0.15, 0.2) is 5.75 Å². The van der Waals surface area contributed by atoms with Crippen molar-refractivity contribution >= 4 is 11.6 Å². The van der Waals surface area contributed by atoms with E-state index < -0.39 is 16.4 Å². The molecule has 0 saturated heterocycles. The summed E-state index contributed by atoms with van der Waals surface area (Å²) < 4.78 is 0. The molecule has 0 aliphatic rings. The Kier molecular flexibility index (Phi) is 4.25. The van der Waals surface area contributed by atoms with E-state index in [0.29, 0.717) is 0 Å². The number of nitrogens with one attached hydrogen (secondary N) is 1. The third-order valence-corrected chi connectivity index (χ3v) is 2.79. The lowest BCUT2D eigenvalue weighted by Crippen LogP contribution is -2.36. The number of aromatic hydroxyl groups is 1. The molecular weight excluding hydrogens is 236 g/mol. The molecule has 98 valence electrons. The summed E-state index contributed by atoms with van der Waals surface area (Å²) >= 11 is 0. The zero-order valence-electron chi connectivity index (χ0n) is 10.5. The standard InChI is InChI=1S/C12H16N2O4/c1-7(2)8(3)13-12(16)9-4-5-10(14(17)18)11(15)6-9/h4-8,15H,1-3H3,(H,13,16). The molecular formula is C12H16N2O4. The molecule has 6 nitrogen and oxygen atoms in total. The van der Waals surface area contributed by atoms with Crippen molar-refractivity contribution in [2.24, 2.45) is 5.92 Å². The van der Waals surface area contributed by atoms with Gasteiger partial charge in [-0.05, 0) is 25.0 Å². The molecule has 0 aliphatic carbocycles. The molecule has 0 aromatic heterocycles. The molecule has 0 aliphatic heterocycles. The first-order valence-corrected chi connectivity index (χ1v) is 5.61. The maximum Gasteiger partial charge on any atom is 0.310 e. The number of hydrogen-bond donors (Lipinski definition) is 2. The van der Waals surface area contributed by atoms with Gasteiger partial charge in [0.25, 0.3) is 5.91 Å². The van der Waals surface area contributed by atoms with E-state index in [0.717, 1.165) is 12.1 Å². The van der Waals surface area contributed by atoms with E-state index in [1.807, 2.05) is 20.8 Å². The summed E-state index contributed by atoms with van der Waals surface area (Å²) in [5.74, 6) is -0.591. The van der Waals surface area contributed by atoms with E-state index in [9.17, 15) is 20.0 Å². The van der Waals surface area contributed by atoms with Crippen molar-refractivity contribution in [3.63, 3.8) is 0 Å². The van der Waals surface area contributed by atoms with Crippen molar-refractivity contribution in [1.82, 2.24) is 5.32 Å². The van der Waals surface area contributed by atoms with E-state index in [-0.39, 0.29) is 23.4 Å². The molecule has 0 heterocycles. The van der Waals surface area contributed by atoms with E-state index in [1.54, 1.807) is 0 Å². The molecule has 2 N–H and O–H groups in total. The molecule has 1 rings (SSSR count). The number of nitro groups is 1. The van der Waals surface area contributed by atoms with Crippen LogP contribution in [-0.2, 0) is 0 Å². The average molecular weight is 252 g/mol.